The molecular formula is C12H13N3O3. The third-order valence-electron chi connectivity index (χ3n) is 3.23. The number of amides is 1. The summed E-state index contributed by atoms with van der Waals surface area (Å²) in [5.41, 5.74) is 0.782. The van der Waals surface area contributed by atoms with Gasteiger partial charge in [-0.2, -0.15) is 4.98 Å². The molecule has 1 unspecified atom stereocenters. The molecule has 1 atom stereocenters. The summed E-state index contributed by atoms with van der Waals surface area (Å²) in [6.45, 7) is 0.729. The van der Waals surface area contributed by atoms with Gasteiger partial charge in [0.25, 0.3) is 0 Å². The Kier molecular flexibility index (Phi) is 2.62. The number of rotatable bonds is 2. The minimum absolute atomic E-state index is 0.0295. The van der Waals surface area contributed by atoms with Gasteiger partial charge in [-0.05, 0) is 12.5 Å². The van der Waals surface area contributed by atoms with E-state index in [1.165, 1.54) is 0 Å². The lowest BCUT2D eigenvalue weighted by Gasteiger charge is -2.26. The summed E-state index contributed by atoms with van der Waals surface area (Å²) < 4.78 is 10.2. The molecule has 1 fully saturated rings. The Hall–Kier alpha value is -2.11. The summed E-state index contributed by atoms with van der Waals surface area (Å²) in [5.74, 6) is 1.19. The summed E-state index contributed by atoms with van der Waals surface area (Å²) in [5, 5.41) is 3.91. The molecule has 0 bridgehead atoms. The van der Waals surface area contributed by atoms with Gasteiger partial charge in [-0.25, -0.2) is 0 Å². The summed E-state index contributed by atoms with van der Waals surface area (Å²) >= 11 is 0. The maximum atomic E-state index is 11.6. The van der Waals surface area contributed by atoms with Gasteiger partial charge in [-0.15, -0.1) is 0 Å². The molecule has 0 aliphatic carbocycles. The first kappa shape index (κ1) is 11.0. The Morgan fingerprint density at radius 3 is 3.11 bits per heavy atom. The zero-order valence-electron chi connectivity index (χ0n) is 10.00. The van der Waals surface area contributed by atoms with Gasteiger partial charge in [0.1, 0.15) is 6.26 Å². The van der Waals surface area contributed by atoms with Crippen LogP contribution in [0.5, 0.6) is 0 Å². The van der Waals surface area contributed by atoms with E-state index in [-0.39, 0.29) is 11.8 Å². The third-order valence-corrected chi connectivity index (χ3v) is 3.23. The molecule has 2 aromatic rings. The monoisotopic (exact) mass is 247 g/mol. The predicted molar refractivity (Wildman–Crippen MR) is 61.6 cm³/mol. The van der Waals surface area contributed by atoms with Crippen molar-refractivity contribution in [2.75, 3.05) is 13.6 Å². The molecule has 94 valence electrons. The van der Waals surface area contributed by atoms with E-state index >= 15 is 0 Å². The fraction of sp³-hybridized carbons (Fsp3) is 0.417. The maximum absolute atomic E-state index is 11.6. The van der Waals surface area contributed by atoms with Gasteiger partial charge in [0.15, 0.2) is 0 Å². The normalized spacial score (nSPS) is 20.4. The summed E-state index contributed by atoms with van der Waals surface area (Å²) in [6.07, 6.45) is 4.41. The molecule has 1 aliphatic rings. The van der Waals surface area contributed by atoms with Gasteiger partial charge in [0.05, 0.1) is 11.8 Å². The van der Waals surface area contributed by atoms with Crippen molar-refractivity contribution in [1.29, 1.82) is 0 Å². The summed E-state index contributed by atoms with van der Waals surface area (Å²) in [7, 11) is 1.81. The smallest absolute Gasteiger partial charge is 0.230 e. The van der Waals surface area contributed by atoms with Gasteiger partial charge in [-0.1, -0.05) is 5.16 Å². The lowest BCUT2D eigenvalue weighted by atomic mass is 9.96. The van der Waals surface area contributed by atoms with Crippen LogP contribution >= 0.6 is 0 Å². The molecule has 6 heteroatoms. The molecule has 3 rings (SSSR count). The van der Waals surface area contributed by atoms with E-state index in [0.29, 0.717) is 18.1 Å². The highest BCUT2D eigenvalue weighted by atomic mass is 16.5. The minimum Gasteiger partial charge on any atom is -0.472 e. The summed E-state index contributed by atoms with van der Waals surface area (Å²) in [6, 6.07) is 1.77. The molecule has 0 spiro atoms. The number of hydrogen-bond acceptors (Lipinski definition) is 5. The second kappa shape index (κ2) is 4.29. The molecule has 18 heavy (non-hydrogen) atoms. The van der Waals surface area contributed by atoms with E-state index in [9.17, 15) is 4.79 Å². The molecule has 1 aliphatic heterocycles. The Balaban J connectivity index is 1.80. The lowest BCUT2D eigenvalue weighted by Crippen LogP contribution is -2.34. The quantitative estimate of drug-likeness (QED) is 0.807. The average molecular weight is 247 g/mol. The number of nitrogens with zero attached hydrogens (tertiary/aromatic N) is 3. The van der Waals surface area contributed by atoms with E-state index < -0.39 is 0 Å². The first-order valence-corrected chi connectivity index (χ1v) is 5.84. The Morgan fingerprint density at radius 1 is 1.50 bits per heavy atom. The van der Waals surface area contributed by atoms with E-state index in [0.717, 1.165) is 18.5 Å². The largest absolute Gasteiger partial charge is 0.472 e. The van der Waals surface area contributed by atoms with Gasteiger partial charge in [-0.3, -0.25) is 4.79 Å². The molecule has 0 N–H and O–H groups in total. The van der Waals surface area contributed by atoms with Gasteiger partial charge >= 0.3 is 0 Å². The first-order valence-electron chi connectivity index (χ1n) is 5.84. The highest BCUT2D eigenvalue weighted by Crippen LogP contribution is 2.28. The molecule has 1 amide bonds. The standard InChI is InChI=1S/C12H13N3O3/c1-15-4-2-8(6-10(15)16)12-13-11(14-18-12)9-3-5-17-7-9/h3,5,7-8H,2,4,6H2,1H3. The van der Waals surface area contributed by atoms with Crippen molar-refractivity contribution in [3.8, 4) is 11.4 Å². The molecule has 0 aromatic carbocycles. The van der Waals surface area contributed by atoms with Crippen molar-refractivity contribution in [3.05, 3.63) is 24.5 Å². The number of piperidine rings is 1. The molecule has 1 saturated heterocycles. The van der Waals surface area contributed by atoms with Gasteiger partial charge in [0, 0.05) is 25.9 Å². The number of hydrogen-bond donors (Lipinski definition) is 0. The van der Waals surface area contributed by atoms with Crippen molar-refractivity contribution in [1.82, 2.24) is 15.0 Å². The van der Waals surface area contributed by atoms with Crippen LogP contribution < -0.4 is 0 Å². The van der Waals surface area contributed by atoms with Crippen molar-refractivity contribution < 1.29 is 13.7 Å². The topological polar surface area (TPSA) is 72.4 Å². The van der Waals surface area contributed by atoms with Crippen LogP contribution in [0.15, 0.2) is 27.5 Å². The molecule has 2 aromatic heterocycles. The van der Waals surface area contributed by atoms with Crippen molar-refractivity contribution in [3.63, 3.8) is 0 Å². The highest BCUT2D eigenvalue weighted by molar-refractivity contribution is 5.77. The summed E-state index contributed by atoms with van der Waals surface area (Å²) in [4.78, 5) is 17.7. The fourth-order valence-electron chi connectivity index (χ4n) is 2.06. The maximum Gasteiger partial charge on any atom is 0.230 e. The van der Waals surface area contributed by atoms with Crippen LogP contribution in [0.2, 0.25) is 0 Å². The van der Waals surface area contributed by atoms with E-state index in [2.05, 4.69) is 10.1 Å². The second-order valence-electron chi connectivity index (χ2n) is 4.47. The number of carbonyl (C=O) groups excluding carboxylic acids is 1. The van der Waals surface area contributed by atoms with Crippen LogP contribution in [0, 0.1) is 0 Å². The Morgan fingerprint density at radius 2 is 2.39 bits per heavy atom. The van der Waals surface area contributed by atoms with Crippen molar-refractivity contribution in [2.45, 2.75) is 18.8 Å². The van der Waals surface area contributed by atoms with Gasteiger partial charge in [0.2, 0.25) is 17.6 Å². The zero-order chi connectivity index (χ0) is 12.5. The van der Waals surface area contributed by atoms with E-state index in [1.54, 1.807) is 23.5 Å². The molecule has 6 nitrogen and oxygen atoms in total. The Bertz CT molecular complexity index is 547. The van der Waals surface area contributed by atoms with Crippen molar-refractivity contribution in [2.24, 2.45) is 0 Å². The van der Waals surface area contributed by atoms with Crippen LogP contribution in [0.1, 0.15) is 24.7 Å². The zero-order valence-corrected chi connectivity index (χ0v) is 10.00. The van der Waals surface area contributed by atoms with Crippen LogP contribution in [0.3, 0.4) is 0 Å². The molecule has 0 saturated carbocycles. The number of aromatic nitrogens is 2. The lowest BCUT2D eigenvalue weighted by molar-refractivity contribution is -0.132. The minimum atomic E-state index is 0.0295. The number of carbonyl (C=O) groups is 1. The average Bonchev–Trinajstić information content (AvgIpc) is 3.01. The van der Waals surface area contributed by atoms with Crippen LogP contribution in [-0.4, -0.2) is 34.5 Å². The predicted octanol–water partition coefficient (Wildman–Crippen LogP) is 1.67. The van der Waals surface area contributed by atoms with E-state index in [1.807, 2.05) is 7.05 Å². The number of furan rings is 1. The molecular weight excluding hydrogens is 234 g/mol. The van der Waals surface area contributed by atoms with Crippen LogP contribution in [0.25, 0.3) is 11.4 Å². The van der Waals surface area contributed by atoms with Crippen LogP contribution in [-0.2, 0) is 4.79 Å². The SMILES string of the molecule is CN1CCC(c2nc(-c3ccoc3)no2)CC1=O. The van der Waals surface area contributed by atoms with Crippen LogP contribution in [0.4, 0.5) is 0 Å². The molecule has 3 heterocycles. The third kappa shape index (κ3) is 1.90. The van der Waals surface area contributed by atoms with Crippen molar-refractivity contribution >= 4 is 5.91 Å². The van der Waals surface area contributed by atoms with E-state index in [4.69, 9.17) is 8.94 Å². The number of likely N-dealkylation sites (tertiary alicyclic amines) is 1. The fourth-order valence-corrected chi connectivity index (χ4v) is 2.06. The second-order valence-corrected chi connectivity index (χ2v) is 4.47. The first-order chi connectivity index (χ1) is 8.74. The molecule has 0 radical (unpaired) electrons. The Labute approximate surface area is 104 Å². The van der Waals surface area contributed by atoms with Gasteiger partial charge < -0.3 is 13.8 Å². The highest BCUT2D eigenvalue weighted by Gasteiger charge is 2.28.